The summed E-state index contributed by atoms with van der Waals surface area (Å²) in [6.07, 6.45) is 7.11. The summed E-state index contributed by atoms with van der Waals surface area (Å²) in [5.74, 6) is 0. The first-order valence-corrected chi connectivity index (χ1v) is 7.27. The van der Waals surface area contributed by atoms with E-state index in [0.29, 0.717) is 0 Å². The van der Waals surface area contributed by atoms with Gasteiger partial charge in [0.2, 0.25) is 0 Å². The molecule has 3 aromatic rings. The Morgan fingerprint density at radius 1 is 1.10 bits per heavy atom. The molecule has 4 heteroatoms. The molecule has 1 unspecified atom stereocenters. The van der Waals surface area contributed by atoms with E-state index in [1.807, 2.05) is 47.3 Å². The Morgan fingerprint density at radius 2 is 1.90 bits per heavy atom. The molecule has 0 saturated carbocycles. The smallest absolute Gasteiger partial charge is 0.0826 e. The van der Waals surface area contributed by atoms with Gasteiger partial charge in [-0.25, -0.2) is 4.68 Å². The van der Waals surface area contributed by atoms with Crippen molar-refractivity contribution in [2.75, 3.05) is 0 Å². The van der Waals surface area contributed by atoms with Crippen LogP contribution in [0.5, 0.6) is 0 Å². The normalized spacial score (nSPS) is 12.5. The van der Waals surface area contributed by atoms with Crippen LogP contribution in [0, 0.1) is 0 Å². The van der Waals surface area contributed by atoms with E-state index in [0.717, 1.165) is 24.3 Å². The molecule has 0 spiro atoms. The van der Waals surface area contributed by atoms with Gasteiger partial charge in [0.25, 0.3) is 0 Å². The van der Waals surface area contributed by atoms with Crippen molar-refractivity contribution in [3.8, 4) is 5.69 Å². The maximum atomic E-state index is 6.05. The van der Waals surface area contributed by atoms with Crippen LogP contribution in [-0.4, -0.2) is 14.3 Å². The fourth-order valence-corrected chi connectivity index (χ4v) is 2.37. The SMILES string of the molecule is CCC(N)c1ccn(Cc2ccn(-c3ccccc3)n2)c1. The topological polar surface area (TPSA) is 48.8 Å². The fraction of sp³-hybridized carbons (Fsp3) is 0.235. The predicted molar refractivity (Wildman–Crippen MR) is 84.3 cm³/mol. The molecule has 0 aliphatic rings. The van der Waals surface area contributed by atoms with E-state index in [1.165, 1.54) is 5.56 Å². The summed E-state index contributed by atoms with van der Waals surface area (Å²) >= 11 is 0. The van der Waals surface area contributed by atoms with Gasteiger partial charge in [-0.3, -0.25) is 0 Å². The molecule has 1 atom stereocenters. The molecular formula is C17H20N4. The predicted octanol–water partition coefficient (Wildman–Crippen LogP) is 3.13. The van der Waals surface area contributed by atoms with Gasteiger partial charge in [-0.1, -0.05) is 25.1 Å². The zero-order chi connectivity index (χ0) is 14.7. The minimum absolute atomic E-state index is 0.119. The van der Waals surface area contributed by atoms with Crippen molar-refractivity contribution in [1.29, 1.82) is 0 Å². The van der Waals surface area contributed by atoms with Crippen LogP contribution < -0.4 is 5.73 Å². The lowest BCUT2D eigenvalue weighted by atomic mass is 10.1. The summed E-state index contributed by atoms with van der Waals surface area (Å²) in [6, 6.07) is 14.4. The highest BCUT2D eigenvalue weighted by atomic mass is 15.3. The van der Waals surface area contributed by atoms with E-state index >= 15 is 0 Å². The molecule has 0 fully saturated rings. The third-order valence-corrected chi connectivity index (χ3v) is 3.65. The van der Waals surface area contributed by atoms with Crippen LogP contribution in [0.4, 0.5) is 0 Å². The van der Waals surface area contributed by atoms with Crippen molar-refractivity contribution in [1.82, 2.24) is 14.3 Å². The number of hydrogen-bond acceptors (Lipinski definition) is 2. The number of benzene rings is 1. The molecule has 21 heavy (non-hydrogen) atoms. The summed E-state index contributed by atoms with van der Waals surface area (Å²) in [5.41, 5.74) is 9.34. The minimum atomic E-state index is 0.119. The quantitative estimate of drug-likeness (QED) is 0.780. The van der Waals surface area contributed by atoms with Crippen molar-refractivity contribution in [3.63, 3.8) is 0 Å². The largest absolute Gasteiger partial charge is 0.348 e. The van der Waals surface area contributed by atoms with Gasteiger partial charge in [-0.05, 0) is 36.2 Å². The average Bonchev–Trinajstić information content (AvgIpc) is 3.17. The Balaban J connectivity index is 1.74. The lowest BCUT2D eigenvalue weighted by Crippen LogP contribution is -2.07. The molecule has 3 rings (SSSR count). The van der Waals surface area contributed by atoms with Crippen molar-refractivity contribution >= 4 is 0 Å². The molecule has 0 aliphatic carbocycles. The van der Waals surface area contributed by atoms with E-state index in [9.17, 15) is 0 Å². The molecule has 0 bridgehead atoms. The molecule has 0 amide bonds. The second-order valence-corrected chi connectivity index (χ2v) is 5.22. The third kappa shape index (κ3) is 3.06. The second-order valence-electron chi connectivity index (χ2n) is 5.22. The molecule has 1 aromatic carbocycles. The van der Waals surface area contributed by atoms with Crippen LogP contribution in [0.2, 0.25) is 0 Å². The number of nitrogens with two attached hydrogens (primary N) is 1. The first kappa shape index (κ1) is 13.6. The van der Waals surface area contributed by atoms with Gasteiger partial charge in [0, 0.05) is 24.6 Å². The lowest BCUT2D eigenvalue weighted by molar-refractivity contribution is 0.689. The zero-order valence-electron chi connectivity index (χ0n) is 12.2. The lowest BCUT2D eigenvalue weighted by Gasteiger charge is -2.05. The summed E-state index contributed by atoms with van der Waals surface area (Å²) in [4.78, 5) is 0. The van der Waals surface area contributed by atoms with Crippen molar-refractivity contribution in [3.05, 3.63) is 72.3 Å². The van der Waals surface area contributed by atoms with Crippen LogP contribution in [-0.2, 0) is 6.54 Å². The molecule has 2 N–H and O–H groups in total. The van der Waals surface area contributed by atoms with E-state index in [-0.39, 0.29) is 6.04 Å². The highest BCUT2D eigenvalue weighted by Crippen LogP contribution is 2.15. The van der Waals surface area contributed by atoms with Crippen LogP contribution in [0.15, 0.2) is 61.1 Å². The molecule has 0 radical (unpaired) electrons. The van der Waals surface area contributed by atoms with E-state index < -0.39 is 0 Å². The monoisotopic (exact) mass is 280 g/mol. The van der Waals surface area contributed by atoms with Crippen molar-refractivity contribution in [2.45, 2.75) is 25.9 Å². The number of rotatable bonds is 5. The number of hydrogen-bond donors (Lipinski definition) is 1. The van der Waals surface area contributed by atoms with Crippen LogP contribution in [0.1, 0.15) is 30.6 Å². The zero-order valence-corrected chi connectivity index (χ0v) is 12.2. The van der Waals surface area contributed by atoms with Gasteiger partial charge < -0.3 is 10.3 Å². The van der Waals surface area contributed by atoms with E-state index in [4.69, 9.17) is 5.73 Å². The Labute approximate surface area is 124 Å². The summed E-state index contributed by atoms with van der Waals surface area (Å²) < 4.78 is 4.03. The molecule has 2 heterocycles. The van der Waals surface area contributed by atoms with Crippen LogP contribution >= 0.6 is 0 Å². The van der Waals surface area contributed by atoms with Gasteiger partial charge >= 0.3 is 0 Å². The van der Waals surface area contributed by atoms with Crippen molar-refractivity contribution in [2.24, 2.45) is 5.73 Å². The van der Waals surface area contributed by atoms with Gasteiger partial charge in [-0.15, -0.1) is 0 Å². The standard InChI is InChI=1S/C17H20N4/c1-2-17(18)14-8-10-20(12-14)13-15-9-11-21(19-15)16-6-4-3-5-7-16/h3-12,17H,2,13,18H2,1H3. The number of para-hydroxylation sites is 1. The van der Waals surface area contributed by atoms with Gasteiger partial charge in [0.15, 0.2) is 0 Å². The first-order chi connectivity index (χ1) is 10.3. The number of nitrogens with zero attached hydrogens (tertiary/aromatic N) is 3. The fourth-order valence-electron chi connectivity index (χ4n) is 2.37. The molecule has 0 aliphatic heterocycles. The van der Waals surface area contributed by atoms with Gasteiger partial charge in [0.1, 0.15) is 0 Å². The maximum absolute atomic E-state index is 6.05. The van der Waals surface area contributed by atoms with E-state index in [1.54, 1.807) is 0 Å². The molecule has 108 valence electrons. The summed E-state index contributed by atoms with van der Waals surface area (Å²) in [7, 11) is 0. The molecule has 4 nitrogen and oxygen atoms in total. The molecule has 0 saturated heterocycles. The highest BCUT2D eigenvalue weighted by Gasteiger charge is 2.06. The van der Waals surface area contributed by atoms with Crippen molar-refractivity contribution < 1.29 is 0 Å². The van der Waals surface area contributed by atoms with Crippen LogP contribution in [0.25, 0.3) is 5.69 Å². The maximum Gasteiger partial charge on any atom is 0.0826 e. The highest BCUT2D eigenvalue weighted by molar-refractivity contribution is 5.30. The van der Waals surface area contributed by atoms with Crippen LogP contribution in [0.3, 0.4) is 0 Å². The summed E-state index contributed by atoms with van der Waals surface area (Å²) in [5, 5.41) is 4.61. The first-order valence-electron chi connectivity index (χ1n) is 7.27. The van der Waals surface area contributed by atoms with Gasteiger partial charge in [0.05, 0.1) is 17.9 Å². The average molecular weight is 280 g/mol. The Morgan fingerprint density at radius 3 is 2.67 bits per heavy atom. The number of aromatic nitrogens is 3. The Bertz CT molecular complexity index is 696. The van der Waals surface area contributed by atoms with E-state index in [2.05, 4.69) is 35.0 Å². The Kier molecular flexibility index (Phi) is 3.88. The Hall–Kier alpha value is -2.33. The second kappa shape index (κ2) is 5.97. The third-order valence-electron chi connectivity index (χ3n) is 3.65. The minimum Gasteiger partial charge on any atom is -0.348 e. The van der Waals surface area contributed by atoms with Gasteiger partial charge in [-0.2, -0.15) is 5.10 Å². The molecular weight excluding hydrogens is 260 g/mol. The molecule has 2 aromatic heterocycles. The summed E-state index contributed by atoms with van der Waals surface area (Å²) in [6.45, 7) is 2.86.